The lowest BCUT2D eigenvalue weighted by Gasteiger charge is -2.29. The van der Waals surface area contributed by atoms with E-state index in [-0.39, 0.29) is 12.1 Å². The van der Waals surface area contributed by atoms with Gasteiger partial charge >= 0.3 is 0 Å². The number of rotatable bonds is 4. The number of nitrogens with one attached hydrogen (secondary N) is 1. The van der Waals surface area contributed by atoms with Crippen molar-refractivity contribution in [2.45, 2.75) is 38.5 Å². The topological polar surface area (TPSA) is 45.0 Å². The summed E-state index contributed by atoms with van der Waals surface area (Å²) in [5.74, 6) is 0. The first-order chi connectivity index (χ1) is 8.35. The van der Waals surface area contributed by atoms with Gasteiger partial charge in [0.1, 0.15) is 0 Å². The molecule has 1 aliphatic rings. The number of nitrogens with zero attached hydrogens (tertiary/aromatic N) is 1. The first kappa shape index (κ1) is 12.1. The summed E-state index contributed by atoms with van der Waals surface area (Å²) in [5, 5.41) is 12.3. The van der Waals surface area contributed by atoms with Crippen LogP contribution in [0, 0.1) is 11.3 Å². The Balaban J connectivity index is 2.10. The molecule has 90 valence electrons. The van der Waals surface area contributed by atoms with E-state index in [1.807, 2.05) is 6.07 Å². The first-order valence-corrected chi connectivity index (χ1v) is 6.13. The molecule has 2 unspecified atom stereocenters. The van der Waals surface area contributed by atoms with E-state index in [1.165, 1.54) is 11.1 Å². The Morgan fingerprint density at radius 1 is 1.53 bits per heavy atom. The van der Waals surface area contributed by atoms with Crippen molar-refractivity contribution in [1.29, 1.82) is 5.26 Å². The van der Waals surface area contributed by atoms with E-state index in [0.29, 0.717) is 19.6 Å². The summed E-state index contributed by atoms with van der Waals surface area (Å²) >= 11 is 0. The van der Waals surface area contributed by atoms with Crippen LogP contribution in [-0.2, 0) is 11.3 Å². The van der Waals surface area contributed by atoms with Gasteiger partial charge in [0.15, 0.2) is 0 Å². The van der Waals surface area contributed by atoms with Gasteiger partial charge < -0.3 is 10.1 Å². The minimum absolute atomic E-state index is 0.221. The van der Waals surface area contributed by atoms with Gasteiger partial charge in [-0.1, -0.05) is 31.2 Å². The van der Waals surface area contributed by atoms with Gasteiger partial charge in [-0.3, -0.25) is 0 Å². The second kappa shape index (κ2) is 5.81. The van der Waals surface area contributed by atoms with Crippen molar-refractivity contribution in [3.8, 4) is 6.07 Å². The van der Waals surface area contributed by atoms with Gasteiger partial charge in [-0.15, -0.1) is 0 Å². The van der Waals surface area contributed by atoms with Crippen LogP contribution in [0.3, 0.4) is 0 Å². The molecule has 2 atom stereocenters. The zero-order valence-corrected chi connectivity index (χ0v) is 10.1. The SMILES string of the molecule is CCC(CC#N)NC1COCc2ccccc21. The summed E-state index contributed by atoms with van der Waals surface area (Å²) in [5.41, 5.74) is 2.57. The van der Waals surface area contributed by atoms with Crippen LogP contribution in [-0.4, -0.2) is 12.6 Å². The predicted molar refractivity (Wildman–Crippen MR) is 66.3 cm³/mol. The molecular formula is C14H18N2O. The number of benzene rings is 1. The molecule has 0 radical (unpaired) electrons. The van der Waals surface area contributed by atoms with Crippen molar-refractivity contribution in [2.24, 2.45) is 0 Å². The summed E-state index contributed by atoms with van der Waals surface area (Å²) in [7, 11) is 0. The first-order valence-electron chi connectivity index (χ1n) is 6.13. The third-order valence-electron chi connectivity index (χ3n) is 3.24. The molecule has 0 fully saturated rings. The molecule has 0 saturated heterocycles. The smallest absolute Gasteiger partial charge is 0.0721 e. The molecule has 3 nitrogen and oxygen atoms in total. The Labute approximate surface area is 102 Å². The van der Waals surface area contributed by atoms with Crippen LogP contribution in [0.1, 0.15) is 36.9 Å². The highest BCUT2D eigenvalue weighted by molar-refractivity contribution is 5.31. The van der Waals surface area contributed by atoms with Gasteiger partial charge in [0.05, 0.1) is 31.7 Å². The average Bonchev–Trinajstić information content (AvgIpc) is 2.38. The van der Waals surface area contributed by atoms with Crippen LogP contribution in [0.5, 0.6) is 0 Å². The number of hydrogen-bond donors (Lipinski definition) is 1. The van der Waals surface area contributed by atoms with E-state index >= 15 is 0 Å². The summed E-state index contributed by atoms with van der Waals surface area (Å²) < 4.78 is 5.59. The number of fused-ring (bicyclic) bond motifs is 1. The molecule has 17 heavy (non-hydrogen) atoms. The van der Waals surface area contributed by atoms with E-state index in [9.17, 15) is 0 Å². The molecule has 3 heteroatoms. The minimum Gasteiger partial charge on any atom is -0.375 e. The number of hydrogen-bond acceptors (Lipinski definition) is 3. The Kier molecular flexibility index (Phi) is 4.13. The maximum absolute atomic E-state index is 8.77. The van der Waals surface area contributed by atoms with Crippen molar-refractivity contribution >= 4 is 0 Å². The molecule has 0 aromatic heterocycles. The maximum atomic E-state index is 8.77. The van der Waals surface area contributed by atoms with Crippen molar-refractivity contribution in [3.05, 3.63) is 35.4 Å². The zero-order chi connectivity index (χ0) is 12.1. The van der Waals surface area contributed by atoms with Crippen LogP contribution >= 0.6 is 0 Å². The molecular weight excluding hydrogens is 212 g/mol. The summed E-state index contributed by atoms with van der Waals surface area (Å²) in [6, 6.07) is 11.1. The summed E-state index contributed by atoms with van der Waals surface area (Å²) in [6.45, 7) is 3.49. The molecule has 0 amide bonds. The zero-order valence-electron chi connectivity index (χ0n) is 10.1. The van der Waals surface area contributed by atoms with Crippen LogP contribution in [0.25, 0.3) is 0 Å². The van der Waals surface area contributed by atoms with E-state index in [0.717, 1.165) is 6.42 Å². The molecule has 1 N–H and O–H groups in total. The third-order valence-corrected chi connectivity index (χ3v) is 3.24. The van der Waals surface area contributed by atoms with Gasteiger partial charge in [-0.2, -0.15) is 5.26 Å². The molecule has 1 heterocycles. The normalized spacial score (nSPS) is 20.4. The van der Waals surface area contributed by atoms with Gasteiger partial charge in [0, 0.05) is 6.04 Å². The minimum atomic E-state index is 0.221. The summed E-state index contributed by atoms with van der Waals surface area (Å²) in [6.07, 6.45) is 1.52. The van der Waals surface area contributed by atoms with Crippen molar-refractivity contribution in [3.63, 3.8) is 0 Å². The van der Waals surface area contributed by atoms with Gasteiger partial charge in [0.2, 0.25) is 0 Å². The highest BCUT2D eigenvalue weighted by Gasteiger charge is 2.22. The number of nitriles is 1. The Hall–Kier alpha value is -1.37. The van der Waals surface area contributed by atoms with E-state index in [4.69, 9.17) is 10.00 Å². The quantitative estimate of drug-likeness (QED) is 0.864. The fourth-order valence-electron chi connectivity index (χ4n) is 2.24. The van der Waals surface area contributed by atoms with Crippen LogP contribution in [0.15, 0.2) is 24.3 Å². The van der Waals surface area contributed by atoms with E-state index in [1.54, 1.807) is 0 Å². The molecule has 0 spiro atoms. The average molecular weight is 230 g/mol. The fourth-order valence-corrected chi connectivity index (χ4v) is 2.24. The molecule has 1 aliphatic heterocycles. The molecule has 1 aromatic rings. The van der Waals surface area contributed by atoms with Crippen LogP contribution < -0.4 is 5.32 Å². The monoisotopic (exact) mass is 230 g/mol. The van der Waals surface area contributed by atoms with Gasteiger partial charge in [-0.05, 0) is 17.5 Å². The third kappa shape index (κ3) is 2.85. The molecule has 0 bridgehead atoms. The Morgan fingerprint density at radius 3 is 3.12 bits per heavy atom. The predicted octanol–water partition coefficient (Wildman–Crippen LogP) is 2.54. The van der Waals surface area contributed by atoms with Crippen LogP contribution in [0.4, 0.5) is 0 Å². The Morgan fingerprint density at radius 2 is 2.35 bits per heavy atom. The van der Waals surface area contributed by atoms with Gasteiger partial charge in [0.25, 0.3) is 0 Å². The Bertz CT molecular complexity index is 411. The lowest BCUT2D eigenvalue weighted by molar-refractivity contribution is 0.0783. The highest BCUT2D eigenvalue weighted by Crippen LogP contribution is 2.25. The van der Waals surface area contributed by atoms with E-state index < -0.39 is 0 Å². The molecule has 1 aromatic carbocycles. The van der Waals surface area contributed by atoms with E-state index in [2.05, 4.69) is 36.5 Å². The summed E-state index contributed by atoms with van der Waals surface area (Å²) in [4.78, 5) is 0. The number of ether oxygens (including phenoxy) is 1. The second-order valence-corrected chi connectivity index (χ2v) is 4.40. The standard InChI is InChI=1S/C14H18N2O/c1-2-12(7-8-15)16-14-10-17-9-11-5-3-4-6-13(11)14/h3-6,12,14,16H,2,7,9-10H2,1H3. The molecule has 0 saturated carbocycles. The van der Waals surface area contributed by atoms with Gasteiger partial charge in [-0.25, -0.2) is 0 Å². The highest BCUT2D eigenvalue weighted by atomic mass is 16.5. The fraction of sp³-hybridized carbons (Fsp3) is 0.500. The lowest BCUT2D eigenvalue weighted by Crippen LogP contribution is -2.36. The maximum Gasteiger partial charge on any atom is 0.0721 e. The van der Waals surface area contributed by atoms with Crippen molar-refractivity contribution < 1.29 is 4.74 Å². The second-order valence-electron chi connectivity index (χ2n) is 4.40. The molecule has 0 aliphatic carbocycles. The van der Waals surface area contributed by atoms with Crippen LogP contribution in [0.2, 0.25) is 0 Å². The van der Waals surface area contributed by atoms with Crippen molar-refractivity contribution in [1.82, 2.24) is 5.32 Å². The van der Waals surface area contributed by atoms with Crippen molar-refractivity contribution in [2.75, 3.05) is 6.61 Å². The largest absolute Gasteiger partial charge is 0.375 e. The lowest BCUT2D eigenvalue weighted by atomic mass is 9.97. The molecule has 2 rings (SSSR count).